The molecule has 0 aliphatic carbocycles. The third-order valence-corrected chi connectivity index (χ3v) is 3.44. The SMILES string of the molecule is CCC1COC(C)CN1c1ccc(CN)cc1. The molecule has 1 aromatic rings. The molecule has 1 saturated heterocycles. The van der Waals surface area contributed by atoms with Gasteiger partial charge in [-0.2, -0.15) is 0 Å². The Morgan fingerprint density at radius 3 is 2.65 bits per heavy atom. The van der Waals surface area contributed by atoms with Crippen LogP contribution in [0.25, 0.3) is 0 Å². The lowest BCUT2D eigenvalue weighted by atomic mass is 10.1. The van der Waals surface area contributed by atoms with Crippen molar-refractivity contribution in [3.05, 3.63) is 29.8 Å². The van der Waals surface area contributed by atoms with Gasteiger partial charge in [-0.15, -0.1) is 0 Å². The molecule has 94 valence electrons. The molecule has 3 heteroatoms. The topological polar surface area (TPSA) is 38.5 Å². The van der Waals surface area contributed by atoms with Crippen molar-refractivity contribution in [3.8, 4) is 0 Å². The molecule has 1 aromatic carbocycles. The summed E-state index contributed by atoms with van der Waals surface area (Å²) in [5, 5.41) is 0. The van der Waals surface area contributed by atoms with Crippen molar-refractivity contribution in [2.45, 2.75) is 39.0 Å². The fraction of sp³-hybridized carbons (Fsp3) is 0.571. The summed E-state index contributed by atoms with van der Waals surface area (Å²) in [7, 11) is 0. The van der Waals surface area contributed by atoms with E-state index in [1.165, 1.54) is 11.3 Å². The van der Waals surface area contributed by atoms with Crippen LogP contribution in [-0.4, -0.2) is 25.3 Å². The summed E-state index contributed by atoms with van der Waals surface area (Å²) >= 11 is 0. The Morgan fingerprint density at radius 2 is 2.06 bits per heavy atom. The zero-order chi connectivity index (χ0) is 12.3. The molecule has 17 heavy (non-hydrogen) atoms. The molecule has 1 aliphatic rings. The van der Waals surface area contributed by atoms with E-state index in [4.69, 9.17) is 10.5 Å². The highest BCUT2D eigenvalue weighted by Gasteiger charge is 2.25. The molecule has 1 aliphatic heterocycles. The smallest absolute Gasteiger partial charge is 0.0723 e. The summed E-state index contributed by atoms with van der Waals surface area (Å²) in [5.74, 6) is 0. The lowest BCUT2D eigenvalue weighted by Crippen LogP contribution is -2.48. The number of hydrogen-bond acceptors (Lipinski definition) is 3. The predicted molar refractivity (Wildman–Crippen MR) is 71.2 cm³/mol. The largest absolute Gasteiger partial charge is 0.375 e. The molecule has 2 N–H and O–H groups in total. The van der Waals surface area contributed by atoms with Crippen molar-refractivity contribution < 1.29 is 4.74 Å². The summed E-state index contributed by atoms with van der Waals surface area (Å²) in [6.07, 6.45) is 1.43. The third kappa shape index (κ3) is 2.79. The Kier molecular flexibility index (Phi) is 4.02. The van der Waals surface area contributed by atoms with E-state index in [-0.39, 0.29) is 0 Å². The quantitative estimate of drug-likeness (QED) is 0.871. The molecule has 0 amide bonds. The minimum atomic E-state index is 0.312. The zero-order valence-corrected chi connectivity index (χ0v) is 10.7. The first-order valence-electron chi connectivity index (χ1n) is 6.41. The normalized spacial score (nSPS) is 25.0. The van der Waals surface area contributed by atoms with E-state index in [1.54, 1.807) is 0 Å². The van der Waals surface area contributed by atoms with Crippen LogP contribution in [0.5, 0.6) is 0 Å². The Hall–Kier alpha value is -1.06. The zero-order valence-electron chi connectivity index (χ0n) is 10.7. The number of nitrogens with zero attached hydrogens (tertiary/aromatic N) is 1. The Balaban J connectivity index is 2.16. The first kappa shape index (κ1) is 12.4. The highest BCUT2D eigenvalue weighted by atomic mass is 16.5. The van der Waals surface area contributed by atoms with Gasteiger partial charge >= 0.3 is 0 Å². The van der Waals surface area contributed by atoms with E-state index in [0.717, 1.165) is 19.6 Å². The highest BCUT2D eigenvalue weighted by Crippen LogP contribution is 2.23. The standard InChI is InChI=1S/C14H22N2O/c1-3-13-10-17-11(2)9-16(13)14-6-4-12(8-15)5-7-14/h4-7,11,13H,3,8-10,15H2,1-2H3. The number of hydrogen-bond donors (Lipinski definition) is 1. The van der Waals surface area contributed by atoms with Crippen molar-refractivity contribution in [1.82, 2.24) is 0 Å². The van der Waals surface area contributed by atoms with Crippen LogP contribution in [0.4, 0.5) is 5.69 Å². The third-order valence-electron chi connectivity index (χ3n) is 3.44. The molecule has 1 fully saturated rings. The van der Waals surface area contributed by atoms with Crippen LogP contribution < -0.4 is 10.6 Å². The average Bonchev–Trinajstić information content (AvgIpc) is 2.39. The highest BCUT2D eigenvalue weighted by molar-refractivity contribution is 5.49. The molecule has 0 bridgehead atoms. The van der Waals surface area contributed by atoms with Gasteiger partial charge in [0.1, 0.15) is 0 Å². The van der Waals surface area contributed by atoms with E-state index < -0.39 is 0 Å². The molecule has 0 radical (unpaired) electrons. The maximum atomic E-state index is 5.72. The van der Waals surface area contributed by atoms with Crippen molar-refractivity contribution in [3.63, 3.8) is 0 Å². The molecule has 0 saturated carbocycles. The second-order valence-corrected chi connectivity index (χ2v) is 4.73. The molecule has 2 atom stereocenters. The van der Waals surface area contributed by atoms with Crippen LogP contribution in [0.3, 0.4) is 0 Å². The Morgan fingerprint density at radius 1 is 1.35 bits per heavy atom. The number of anilines is 1. The van der Waals surface area contributed by atoms with Crippen molar-refractivity contribution in [1.29, 1.82) is 0 Å². The first-order valence-corrected chi connectivity index (χ1v) is 6.41. The van der Waals surface area contributed by atoms with Crippen LogP contribution in [-0.2, 0) is 11.3 Å². The van der Waals surface area contributed by atoms with Gasteiger partial charge in [-0.1, -0.05) is 19.1 Å². The Bertz CT molecular complexity index is 350. The number of morpholine rings is 1. The van der Waals surface area contributed by atoms with E-state index in [2.05, 4.69) is 43.0 Å². The van der Waals surface area contributed by atoms with Crippen LogP contribution in [0, 0.1) is 0 Å². The summed E-state index contributed by atoms with van der Waals surface area (Å²) in [6.45, 7) is 6.76. The fourth-order valence-electron chi connectivity index (χ4n) is 2.32. The summed E-state index contributed by atoms with van der Waals surface area (Å²) in [6, 6.07) is 9.06. The summed E-state index contributed by atoms with van der Waals surface area (Å²) in [4.78, 5) is 2.45. The minimum Gasteiger partial charge on any atom is -0.375 e. The molecular weight excluding hydrogens is 212 g/mol. The number of ether oxygens (including phenoxy) is 1. The van der Waals surface area contributed by atoms with E-state index in [9.17, 15) is 0 Å². The van der Waals surface area contributed by atoms with Gasteiger partial charge in [0.25, 0.3) is 0 Å². The lowest BCUT2D eigenvalue weighted by molar-refractivity contribution is 0.0299. The number of nitrogens with two attached hydrogens (primary N) is 1. The van der Waals surface area contributed by atoms with Crippen LogP contribution in [0.2, 0.25) is 0 Å². The van der Waals surface area contributed by atoms with Crippen molar-refractivity contribution >= 4 is 5.69 Å². The van der Waals surface area contributed by atoms with Gasteiger partial charge in [-0.25, -0.2) is 0 Å². The average molecular weight is 234 g/mol. The first-order chi connectivity index (χ1) is 8.24. The van der Waals surface area contributed by atoms with Gasteiger partial charge in [0.05, 0.1) is 18.8 Å². The fourth-order valence-corrected chi connectivity index (χ4v) is 2.32. The maximum Gasteiger partial charge on any atom is 0.0723 e. The van der Waals surface area contributed by atoms with E-state index >= 15 is 0 Å². The van der Waals surface area contributed by atoms with Gasteiger partial charge in [0, 0.05) is 18.8 Å². The van der Waals surface area contributed by atoms with Gasteiger partial charge in [0.2, 0.25) is 0 Å². The minimum absolute atomic E-state index is 0.312. The van der Waals surface area contributed by atoms with Gasteiger partial charge in [-0.05, 0) is 31.0 Å². The van der Waals surface area contributed by atoms with Gasteiger partial charge in [-0.3, -0.25) is 0 Å². The maximum absolute atomic E-state index is 5.72. The van der Waals surface area contributed by atoms with Crippen molar-refractivity contribution in [2.75, 3.05) is 18.1 Å². The van der Waals surface area contributed by atoms with Crippen LogP contribution >= 0.6 is 0 Å². The summed E-state index contributed by atoms with van der Waals surface area (Å²) in [5.41, 5.74) is 8.09. The van der Waals surface area contributed by atoms with Crippen molar-refractivity contribution in [2.24, 2.45) is 5.73 Å². The van der Waals surface area contributed by atoms with E-state index in [0.29, 0.717) is 18.7 Å². The predicted octanol–water partition coefficient (Wildman–Crippen LogP) is 2.15. The van der Waals surface area contributed by atoms with E-state index in [1.807, 2.05) is 0 Å². The molecule has 3 nitrogen and oxygen atoms in total. The molecule has 0 spiro atoms. The summed E-state index contributed by atoms with van der Waals surface area (Å²) < 4.78 is 5.72. The number of rotatable bonds is 3. The van der Waals surface area contributed by atoms with Crippen LogP contribution in [0.15, 0.2) is 24.3 Å². The monoisotopic (exact) mass is 234 g/mol. The molecule has 0 aromatic heterocycles. The lowest BCUT2D eigenvalue weighted by Gasteiger charge is -2.40. The van der Waals surface area contributed by atoms with Gasteiger partial charge < -0.3 is 15.4 Å². The second kappa shape index (κ2) is 5.52. The molecule has 1 heterocycles. The Labute approximate surface area is 104 Å². The molecule has 2 unspecified atom stereocenters. The molecular formula is C14H22N2O. The van der Waals surface area contributed by atoms with Gasteiger partial charge in [0.15, 0.2) is 0 Å². The van der Waals surface area contributed by atoms with Crippen LogP contribution in [0.1, 0.15) is 25.8 Å². The molecule has 2 rings (SSSR count). The second-order valence-electron chi connectivity index (χ2n) is 4.73. The number of benzene rings is 1.